The molecule has 2 aromatic rings. The Morgan fingerprint density at radius 1 is 1.05 bits per heavy atom. The van der Waals surface area contributed by atoms with Gasteiger partial charge in [0.1, 0.15) is 5.75 Å². The predicted molar refractivity (Wildman–Crippen MR) is 73.8 cm³/mol. The van der Waals surface area contributed by atoms with Crippen LogP contribution in [0.25, 0.3) is 0 Å². The van der Waals surface area contributed by atoms with Gasteiger partial charge in [0.25, 0.3) is 5.91 Å². The molecule has 1 amide bonds. The zero-order valence-electron chi connectivity index (χ0n) is 10.8. The van der Waals surface area contributed by atoms with E-state index in [1.807, 2.05) is 0 Å². The zero-order valence-corrected chi connectivity index (χ0v) is 10.8. The van der Waals surface area contributed by atoms with Gasteiger partial charge in [0.2, 0.25) is 0 Å². The maximum Gasteiger partial charge on any atom is 0.337 e. The molecule has 0 aromatic heterocycles. The molecule has 0 saturated heterocycles. The Balaban J connectivity index is 2.22. The number of carbonyl (C=O) groups excluding carboxylic acids is 2. The highest BCUT2D eigenvalue weighted by molar-refractivity contribution is 6.06. The van der Waals surface area contributed by atoms with E-state index in [1.54, 1.807) is 36.4 Å². The molecule has 0 heterocycles. The fourth-order valence-electron chi connectivity index (χ4n) is 1.68. The summed E-state index contributed by atoms with van der Waals surface area (Å²) in [5.41, 5.74) is 0.898. The van der Waals surface area contributed by atoms with Gasteiger partial charge in [-0.3, -0.25) is 4.79 Å². The van der Waals surface area contributed by atoms with Gasteiger partial charge in [-0.25, -0.2) is 4.79 Å². The first-order valence-electron chi connectivity index (χ1n) is 5.89. The molecule has 2 aromatic carbocycles. The van der Waals surface area contributed by atoms with Gasteiger partial charge in [0.05, 0.1) is 18.4 Å². The second kappa shape index (κ2) is 5.88. The van der Waals surface area contributed by atoms with Crippen molar-refractivity contribution in [1.29, 1.82) is 0 Å². The second-order valence-electron chi connectivity index (χ2n) is 4.04. The Bertz CT molecular complexity index is 652. The Kier molecular flexibility index (Phi) is 4.00. The molecule has 0 unspecified atom stereocenters. The first-order chi connectivity index (χ1) is 9.61. The van der Waals surface area contributed by atoms with Crippen molar-refractivity contribution in [2.75, 3.05) is 12.4 Å². The lowest BCUT2D eigenvalue weighted by molar-refractivity contribution is 0.0600. The smallest absolute Gasteiger partial charge is 0.337 e. The van der Waals surface area contributed by atoms with E-state index in [1.165, 1.54) is 19.2 Å². The number of benzene rings is 2. The molecular weight excluding hydrogens is 258 g/mol. The molecule has 0 radical (unpaired) electrons. The van der Waals surface area contributed by atoms with E-state index >= 15 is 0 Å². The van der Waals surface area contributed by atoms with Crippen LogP contribution in [-0.4, -0.2) is 24.1 Å². The number of ether oxygens (including phenoxy) is 1. The van der Waals surface area contributed by atoms with Gasteiger partial charge in [-0.15, -0.1) is 0 Å². The van der Waals surface area contributed by atoms with Gasteiger partial charge in [0, 0.05) is 5.56 Å². The van der Waals surface area contributed by atoms with Crippen LogP contribution in [0.5, 0.6) is 5.75 Å². The number of carbonyl (C=O) groups is 2. The van der Waals surface area contributed by atoms with Gasteiger partial charge in [-0.1, -0.05) is 18.2 Å². The van der Waals surface area contributed by atoms with Crippen molar-refractivity contribution in [2.45, 2.75) is 0 Å². The molecule has 5 nitrogen and oxygen atoms in total. The summed E-state index contributed by atoms with van der Waals surface area (Å²) >= 11 is 0. The normalized spacial score (nSPS) is 9.85. The largest absolute Gasteiger partial charge is 0.506 e. The number of phenolic OH excluding ortho intramolecular Hbond substituents is 1. The quantitative estimate of drug-likeness (QED) is 0.664. The summed E-state index contributed by atoms with van der Waals surface area (Å²) in [7, 11) is 1.27. The number of phenols is 1. The molecule has 0 fully saturated rings. The van der Waals surface area contributed by atoms with Crippen molar-refractivity contribution in [3.05, 3.63) is 59.7 Å². The summed E-state index contributed by atoms with van der Waals surface area (Å²) in [6, 6.07) is 12.6. The number of nitrogens with one attached hydrogen (secondary N) is 1. The molecule has 0 aliphatic carbocycles. The van der Waals surface area contributed by atoms with Crippen LogP contribution in [0.3, 0.4) is 0 Å². The van der Waals surface area contributed by atoms with E-state index in [-0.39, 0.29) is 11.3 Å². The summed E-state index contributed by atoms with van der Waals surface area (Å²) in [6.45, 7) is 0. The SMILES string of the molecule is COC(=O)c1cccc(C(=O)Nc2ccccc2O)c1. The van der Waals surface area contributed by atoms with Crippen molar-refractivity contribution in [3.8, 4) is 5.75 Å². The Hall–Kier alpha value is -2.82. The lowest BCUT2D eigenvalue weighted by Gasteiger charge is -2.07. The molecule has 0 atom stereocenters. The minimum absolute atomic E-state index is 0.0232. The van der Waals surface area contributed by atoms with Gasteiger partial charge in [0.15, 0.2) is 0 Å². The van der Waals surface area contributed by atoms with E-state index in [4.69, 9.17) is 0 Å². The number of esters is 1. The lowest BCUT2D eigenvalue weighted by Crippen LogP contribution is -2.13. The minimum atomic E-state index is -0.512. The van der Waals surface area contributed by atoms with Crippen molar-refractivity contribution < 1.29 is 19.4 Å². The molecule has 0 aliphatic heterocycles. The summed E-state index contributed by atoms with van der Waals surface area (Å²) in [5, 5.41) is 12.2. The van der Waals surface area contributed by atoms with Crippen molar-refractivity contribution in [2.24, 2.45) is 0 Å². The van der Waals surface area contributed by atoms with Crippen LogP contribution in [0, 0.1) is 0 Å². The zero-order chi connectivity index (χ0) is 14.5. The van der Waals surface area contributed by atoms with E-state index in [0.29, 0.717) is 11.3 Å². The van der Waals surface area contributed by atoms with Crippen LogP contribution < -0.4 is 5.32 Å². The topological polar surface area (TPSA) is 75.6 Å². The Labute approximate surface area is 115 Å². The lowest BCUT2D eigenvalue weighted by atomic mass is 10.1. The summed E-state index contributed by atoms with van der Waals surface area (Å²) in [5.74, 6) is -0.954. The molecule has 2 rings (SSSR count). The highest BCUT2D eigenvalue weighted by Crippen LogP contribution is 2.22. The van der Waals surface area contributed by atoms with E-state index in [9.17, 15) is 14.7 Å². The van der Waals surface area contributed by atoms with E-state index in [2.05, 4.69) is 10.1 Å². The van der Waals surface area contributed by atoms with Crippen LogP contribution in [-0.2, 0) is 4.74 Å². The van der Waals surface area contributed by atoms with Gasteiger partial charge in [-0.2, -0.15) is 0 Å². The summed E-state index contributed by atoms with van der Waals surface area (Å²) in [6.07, 6.45) is 0. The average molecular weight is 271 g/mol. The molecule has 102 valence electrons. The number of amides is 1. The molecular formula is C15H13NO4. The third kappa shape index (κ3) is 2.95. The fourth-order valence-corrected chi connectivity index (χ4v) is 1.68. The van der Waals surface area contributed by atoms with Crippen LogP contribution in [0.1, 0.15) is 20.7 Å². The van der Waals surface area contributed by atoms with Crippen LogP contribution in [0.2, 0.25) is 0 Å². The Morgan fingerprint density at radius 2 is 1.75 bits per heavy atom. The molecule has 5 heteroatoms. The standard InChI is InChI=1S/C15H13NO4/c1-20-15(19)11-6-4-5-10(9-11)14(18)16-12-7-2-3-8-13(12)17/h2-9,17H,1H3,(H,16,18). The van der Waals surface area contributed by atoms with Crippen LogP contribution >= 0.6 is 0 Å². The minimum Gasteiger partial charge on any atom is -0.506 e. The Morgan fingerprint density at radius 3 is 2.45 bits per heavy atom. The van der Waals surface area contributed by atoms with Crippen LogP contribution in [0.15, 0.2) is 48.5 Å². The predicted octanol–water partition coefficient (Wildman–Crippen LogP) is 2.43. The summed E-state index contributed by atoms with van der Waals surface area (Å²) < 4.78 is 4.60. The average Bonchev–Trinajstić information content (AvgIpc) is 2.49. The number of hydrogen-bond acceptors (Lipinski definition) is 4. The van der Waals surface area contributed by atoms with Gasteiger partial charge in [-0.05, 0) is 30.3 Å². The van der Waals surface area contributed by atoms with Crippen molar-refractivity contribution >= 4 is 17.6 Å². The number of aromatic hydroxyl groups is 1. The second-order valence-corrected chi connectivity index (χ2v) is 4.04. The monoisotopic (exact) mass is 271 g/mol. The molecule has 0 bridgehead atoms. The third-order valence-electron chi connectivity index (χ3n) is 2.70. The third-order valence-corrected chi connectivity index (χ3v) is 2.70. The fraction of sp³-hybridized carbons (Fsp3) is 0.0667. The van der Waals surface area contributed by atoms with E-state index < -0.39 is 11.9 Å². The maximum absolute atomic E-state index is 12.1. The van der Waals surface area contributed by atoms with E-state index in [0.717, 1.165) is 0 Å². The molecule has 0 spiro atoms. The highest BCUT2D eigenvalue weighted by atomic mass is 16.5. The van der Waals surface area contributed by atoms with Gasteiger partial charge >= 0.3 is 5.97 Å². The maximum atomic E-state index is 12.1. The number of para-hydroxylation sites is 2. The first-order valence-corrected chi connectivity index (χ1v) is 5.89. The van der Waals surface area contributed by atoms with Crippen LogP contribution in [0.4, 0.5) is 5.69 Å². The first kappa shape index (κ1) is 13.6. The number of rotatable bonds is 3. The molecule has 0 saturated carbocycles. The summed E-state index contributed by atoms with van der Waals surface area (Å²) in [4.78, 5) is 23.5. The van der Waals surface area contributed by atoms with Gasteiger partial charge < -0.3 is 15.2 Å². The number of hydrogen-bond donors (Lipinski definition) is 2. The molecule has 2 N–H and O–H groups in total. The molecule has 0 aliphatic rings. The number of anilines is 1. The highest BCUT2D eigenvalue weighted by Gasteiger charge is 2.11. The number of methoxy groups -OCH3 is 1. The molecule has 20 heavy (non-hydrogen) atoms. The van der Waals surface area contributed by atoms with Crippen molar-refractivity contribution in [3.63, 3.8) is 0 Å². The van der Waals surface area contributed by atoms with Crippen molar-refractivity contribution in [1.82, 2.24) is 0 Å².